The lowest BCUT2D eigenvalue weighted by molar-refractivity contribution is -0.130. The molecule has 0 spiro atoms. The molecule has 7 nitrogen and oxygen atoms in total. The van der Waals surface area contributed by atoms with Gasteiger partial charge in [0, 0.05) is 23.5 Å². The highest BCUT2D eigenvalue weighted by atomic mass is 16.5. The first-order valence-corrected chi connectivity index (χ1v) is 11.7. The normalized spacial score (nSPS) is 17.5. The van der Waals surface area contributed by atoms with Gasteiger partial charge in [-0.3, -0.25) is 14.5 Å². The molecule has 1 fully saturated rings. The SMILES string of the molecule is COc1ccc(CC[C@]2(C)NC(=O)N(CC(=O)c3cc(C)n(Cc4ccccc4)c3C)C2=O)cc1. The van der Waals surface area contributed by atoms with E-state index in [0.717, 1.165) is 33.2 Å². The first-order chi connectivity index (χ1) is 16.7. The molecule has 1 N–H and O–H groups in total. The highest BCUT2D eigenvalue weighted by molar-refractivity contribution is 6.11. The van der Waals surface area contributed by atoms with Gasteiger partial charge in [-0.05, 0) is 62.9 Å². The molecule has 1 atom stereocenters. The summed E-state index contributed by atoms with van der Waals surface area (Å²) in [4.78, 5) is 40.1. The number of nitrogens with one attached hydrogen (secondary N) is 1. The largest absolute Gasteiger partial charge is 0.497 e. The van der Waals surface area contributed by atoms with Gasteiger partial charge in [-0.1, -0.05) is 42.5 Å². The molecule has 1 aliphatic rings. The summed E-state index contributed by atoms with van der Waals surface area (Å²) in [5.41, 5.74) is 3.43. The third-order valence-corrected chi connectivity index (χ3v) is 6.78. The minimum atomic E-state index is -1.05. The van der Waals surface area contributed by atoms with Crippen LogP contribution >= 0.6 is 0 Å². The Balaban J connectivity index is 1.44. The molecule has 0 aliphatic carbocycles. The number of aryl methyl sites for hydroxylation is 2. The van der Waals surface area contributed by atoms with E-state index < -0.39 is 11.6 Å². The first kappa shape index (κ1) is 24.3. The lowest BCUT2D eigenvalue weighted by Gasteiger charge is -2.21. The Bertz CT molecular complexity index is 1250. The summed E-state index contributed by atoms with van der Waals surface area (Å²) < 4.78 is 7.26. The summed E-state index contributed by atoms with van der Waals surface area (Å²) in [6, 6.07) is 18.9. The zero-order valence-electron chi connectivity index (χ0n) is 20.6. The molecular weight excluding hydrogens is 442 g/mol. The maximum atomic E-state index is 13.2. The average Bonchev–Trinajstić information content (AvgIpc) is 3.25. The van der Waals surface area contributed by atoms with Crippen molar-refractivity contribution in [2.75, 3.05) is 13.7 Å². The lowest BCUT2D eigenvalue weighted by atomic mass is 9.93. The van der Waals surface area contributed by atoms with Gasteiger partial charge in [-0.2, -0.15) is 0 Å². The van der Waals surface area contributed by atoms with Gasteiger partial charge in [0.05, 0.1) is 13.7 Å². The Labute approximate surface area is 205 Å². The fourth-order valence-electron chi connectivity index (χ4n) is 4.57. The number of ether oxygens (including phenoxy) is 1. The quantitative estimate of drug-likeness (QED) is 0.371. The minimum Gasteiger partial charge on any atom is -0.497 e. The van der Waals surface area contributed by atoms with Crippen molar-refractivity contribution >= 4 is 17.7 Å². The molecule has 3 amide bonds. The van der Waals surface area contributed by atoms with Crippen molar-refractivity contribution < 1.29 is 19.1 Å². The molecular formula is C28H31N3O4. The van der Waals surface area contributed by atoms with E-state index in [1.807, 2.05) is 74.5 Å². The Morgan fingerprint density at radius 2 is 1.69 bits per heavy atom. The molecule has 2 aromatic carbocycles. The highest BCUT2D eigenvalue weighted by Crippen LogP contribution is 2.25. The number of benzene rings is 2. The summed E-state index contributed by atoms with van der Waals surface area (Å²) in [5, 5.41) is 2.80. The maximum absolute atomic E-state index is 13.2. The van der Waals surface area contributed by atoms with Crippen LogP contribution in [-0.4, -0.2) is 46.4 Å². The van der Waals surface area contributed by atoms with E-state index in [4.69, 9.17) is 4.74 Å². The molecule has 2 heterocycles. The number of hydrogen-bond acceptors (Lipinski definition) is 4. The van der Waals surface area contributed by atoms with Crippen LogP contribution in [0.25, 0.3) is 0 Å². The van der Waals surface area contributed by atoms with Crippen LogP contribution in [0.1, 0.15) is 46.2 Å². The second-order valence-electron chi connectivity index (χ2n) is 9.28. The topological polar surface area (TPSA) is 80.6 Å². The molecule has 0 saturated carbocycles. The minimum absolute atomic E-state index is 0.250. The summed E-state index contributed by atoms with van der Waals surface area (Å²) in [7, 11) is 1.61. The molecule has 0 unspecified atom stereocenters. The Morgan fingerprint density at radius 1 is 1.00 bits per heavy atom. The maximum Gasteiger partial charge on any atom is 0.325 e. The van der Waals surface area contributed by atoms with Crippen LogP contribution < -0.4 is 10.1 Å². The van der Waals surface area contributed by atoms with E-state index in [1.165, 1.54) is 0 Å². The van der Waals surface area contributed by atoms with Gasteiger partial charge >= 0.3 is 6.03 Å². The molecule has 182 valence electrons. The number of Topliss-reactive ketones (excluding diaryl/α,β-unsaturated/α-hetero) is 1. The zero-order chi connectivity index (χ0) is 25.2. The second-order valence-corrected chi connectivity index (χ2v) is 9.28. The van der Waals surface area contributed by atoms with E-state index in [0.29, 0.717) is 24.9 Å². The number of urea groups is 1. The van der Waals surface area contributed by atoms with Crippen LogP contribution in [-0.2, 0) is 17.8 Å². The number of carbonyl (C=O) groups excluding carboxylic acids is 3. The lowest BCUT2D eigenvalue weighted by Crippen LogP contribution is -2.44. The van der Waals surface area contributed by atoms with Crippen molar-refractivity contribution in [3.8, 4) is 5.75 Å². The zero-order valence-corrected chi connectivity index (χ0v) is 20.6. The van der Waals surface area contributed by atoms with E-state index in [9.17, 15) is 14.4 Å². The molecule has 0 bridgehead atoms. The van der Waals surface area contributed by atoms with Gasteiger partial charge in [0.1, 0.15) is 11.3 Å². The number of methoxy groups -OCH3 is 1. The highest BCUT2D eigenvalue weighted by Gasteiger charge is 2.48. The molecule has 3 aromatic rings. The predicted molar refractivity (Wildman–Crippen MR) is 134 cm³/mol. The Hall–Kier alpha value is -3.87. The Kier molecular flexibility index (Phi) is 6.78. The van der Waals surface area contributed by atoms with Crippen molar-refractivity contribution in [1.29, 1.82) is 0 Å². The van der Waals surface area contributed by atoms with Crippen LogP contribution in [0.4, 0.5) is 4.79 Å². The number of hydrogen-bond donors (Lipinski definition) is 1. The van der Waals surface area contributed by atoms with Crippen LogP contribution in [0.15, 0.2) is 60.7 Å². The third kappa shape index (κ3) is 4.99. The molecule has 1 aliphatic heterocycles. The van der Waals surface area contributed by atoms with E-state index in [-0.39, 0.29) is 18.2 Å². The molecule has 1 aromatic heterocycles. The first-order valence-electron chi connectivity index (χ1n) is 11.7. The van der Waals surface area contributed by atoms with Crippen LogP contribution in [0.3, 0.4) is 0 Å². The Morgan fingerprint density at radius 3 is 2.34 bits per heavy atom. The van der Waals surface area contributed by atoms with Crippen molar-refractivity contribution in [2.45, 2.75) is 45.7 Å². The molecule has 1 saturated heterocycles. The van der Waals surface area contributed by atoms with Gasteiger partial charge in [0.25, 0.3) is 5.91 Å². The van der Waals surface area contributed by atoms with E-state index in [2.05, 4.69) is 9.88 Å². The second kappa shape index (κ2) is 9.78. The van der Waals surface area contributed by atoms with Gasteiger partial charge in [0.15, 0.2) is 5.78 Å². The molecule has 4 rings (SSSR count). The smallest absolute Gasteiger partial charge is 0.325 e. The van der Waals surface area contributed by atoms with Crippen molar-refractivity contribution in [3.63, 3.8) is 0 Å². The van der Waals surface area contributed by atoms with Crippen molar-refractivity contribution in [1.82, 2.24) is 14.8 Å². The van der Waals surface area contributed by atoms with E-state index >= 15 is 0 Å². The van der Waals surface area contributed by atoms with Crippen LogP contribution in [0, 0.1) is 13.8 Å². The van der Waals surface area contributed by atoms with Crippen molar-refractivity contribution in [3.05, 3.63) is 88.7 Å². The number of amides is 3. The number of rotatable bonds is 9. The number of aromatic nitrogens is 1. The summed E-state index contributed by atoms with van der Waals surface area (Å²) >= 11 is 0. The molecule has 35 heavy (non-hydrogen) atoms. The van der Waals surface area contributed by atoms with Crippen molar-refractivity contribution in [2.24, 2.45) is 0 Å². The molecule has 0 radical (unpaired) electrons. The number of nitrogens with zero attached hydrogens (tertiary/aromatic N) is 2. The predicted octanol–water partition coefficient (Wildman–Crippen LogP) is 4.29. The molecule has 7 heteroatoms. The van der Waals surface area contributed by atoms with Gasteiger partial charge in [-0.25, -0.2) is 4.79 Å². The van der Waals surface area contributed by atoms with E-state index in [1.54, 1.807) is 14.0 Å². The average molecular weight is 474 g/mol. The van der Waals surface area contributed by atoms with Crippen LogP contribution in [0.5, 0.6) is 5.75 Å². The fraction of sp³-hybridized carbons (Fsp3) is 0.321. The fourth-order valence-corrected chi connectivity index (χ4v) is 4.57. The number of carbonyl (C=O) groups is 3. The van der Waals surface area contributed by atoms with Gasteiger partial charge in [-0.15, -0.1) is 0 Å². The third-order valence-electron chi connectivity index (χ3n) is 6.78. The van der Waals surface area contributed by atoms with Gasteiger partial charge in [0.2, 0.25) is 0 Å². The monoisotopic (exact) mass is 473 g/mol. The summed E-state index contributed by atoms with van der Waals surface area (Å²) in [6.07, 6.45) is 1.04. The number of imide groups is 1. The standard InChI is InChI=1S/C28H31N3O4/c1-19-16-24(20(2)30(19)17-22-8-6-5-7-9-22)25(32)18-31-26(33)28(3,29-27(31)34)15-14-21-10-12-23(35-4)13-11-21/h5-13,16H,14-15,17-18H2,1-4H3,(H,29,34)/t28-/m0/s1. The summed E-state index contributed by atoms with van der Waals surface area (Å²) in [5.74, 6) is 0.140. The van der Waals surface area contributed by atoms with Crippen LogP contribution in [0.2, 0.25) is 0 Å². The van der Waals surface area contributed by atoms with Gasteiger partial charge < -0.3 is 14.6 Å². The number of ketones is 1. The summed E-state index contributed by atoms with van der Waals surface area (Å²) in [6.45, 7) is 5.94.